The molecule has 0 aliphatic heterocycles. The van der Waals surface area contributed by atoms with Crippen molar-refractivity contribution < 1.29 is 24.2 Å². The first-order valence-corrected chi connectivity index (χ1v) is 4.63. The maximum absolute atomic E-state index is 11.2. The smallest absolute Gasteiger partial charge is 0.335 e. The summed E-state index contributed by atoms with van der Waals surface area (Å²) >= 11 is 0. The number of allylic oxidation sites excluding steroid dienone is 1. The van der Waals surface area contributed by atoms with Gasteiger partial charge in [-0.2, -0.15) is 0 Å². The summed E-state index contributed by atoms with van der Waals surface area (Å²) in [4.78, 5) is 32.6. The number of carboxylic acids is 1. The average Bonchev–Trinajstić information content (AvgIpc) is 2.15. The van der Waals surface area contributed by atoms with Gasteiger partial charge >= 0.3 is 11.9 Å². The first kappa shape index (κ1) is 14.1. The highest BCUT2D eigenvalue weighted by Crippen LogP contribution is 2.10. The van der Waals surface area contributed by atoms with Crippen LogP contribution in [0.3, 0.4) is 0 Å². The Labute approximate surface area is 93.4 Å². The molecule has 0 aromatic carbocycles. The second kappa shape index (κ2) is 6.55. The molecule has 0 fully saturated rings. The molecule has 0 aliphatic carbocycles. The van der Waals surface area contributed by atoms with Gasteiger partial charge in [-0.1, -0.05) is 12.7 Å². The van der Waals surface area contributed by atoms with Gasteiger partial charge in [0.25, 0.3) is 0 Å². The molecule has 0 aromatic heterocycles. The summed E-state index contributed by atoms with van der Waals surface area (Å²) in [6, 6.07) is 0. The quantitative estimate of drug-likeness (QED) is 0.317. The van der Waals surface area contributed by atoms with Crippen LogP contribution < -0.4 is 0 Å². The summed E-state index contributed by atoms with van der Waals surface area (Å²) in [7, 11) is 0. The third-order valence-electron chi connectivity index (χ3n) is 1.73. The molecule has 0 amide bonds. The number of esters is 1. The minimum Gasteiger partial charge on any atom is -0.478 e. The van der Waals surface area contributed by atoms with E-state index in [0.29, 0.717) is 0 Å². The van der Waals surface area contributed by atoms with Crippen LogP contribution in [0.25, 0.3) is 0 Å². The lowest BCUT2D eigenvalue weighted by Crippen LogP contribution is -2.23. The number of Topliss-reactive ketones (excluding diaryl/α,β-unsaturated/α-hetero) is 1. The normalized spacial score (nSPS) is 12.8. The van der Waals surface area contributed by atoms with Crippen molar-refractivity contribution in [3.05, 3.63) is 24.3 Å². The van der Waals surface area contributed by atoms with Crippen molar-refractivity contribution in [2.75, 3.05) is 0 Å². The van der Waals surface area contributed by atoms with Crippen molar-refractivity contribution in [3.8, 4) is 0 Å². The molecule has 0 bridgehead atoms. The number of aliphatic carboxylic acids is 1. The molecule has 16 heavy (non-hydrogen) atoms. The predicted octanol–water partition coefficient (Wildman–Crippen LogP) is 1.09. The minimum atomic E-state index is -1.19. The van der Waals surface area contributed by atoms with Crippen molar-refractivity contribution in [2.45, 2.75) is 26.4 Å². The Balaban J connectivity index is 4.64. The van der Waals surface area contributed by atoms with Gasteiger partial charge in [0.1, 0.15) is 12.2 Å². The largest absolute Gasteiger partial charge is 0.478 e. The number of hydrogen-bond acceptors (Lipinski definition) is 4. The fraction of sp³-hybridized carbons (Fsp3) is 0.364. The third kappa shape index (κ3) is 4.54. The molecule has 0 saturated carbocycles. The van der Waals surface area contributed by atoms with Gasteiger partial charge in [-0.15, -0.1) is 0 Å². The molecule has 0 heterocycles. The first-order chi connectivity index (χ1) is 7.42. The fourth-order valence-corrected chi connectivity index (χ4v) is 1.03. The Hall–Kier alpha value is -1.91. The van der Waals surface area contributed by atoms with Gasteiger partial charge in [-0.3, -0.25) is 9.59 Å². The lowest BCUT2D eigenvalue weighted by molar-refractivity contribution is -0.148. The molecular weight excluding hydrogens is 212 g/mol. The van der Waals surface area contributed by atoms with Crippen LogP contribution in [0, 0.1) is 0 Å². The van der Waals surface area contributed by atoms with E-state index in [1.807, 2.05) is 0 Å². The molecule has 0 rings (SSSR count). The molecule has 5 heteroatoms. The van der Waals surface area contributed by atoms with Crippen LogP contribution in [-0.4, -0.2) is 28.9 Å². The molecule has 5 nitrogen and oxygen atoms in total. The second-order valence-corrected chi connectivity index (χ2v) is 3.07. The number of carbonyl (C=O) groups excluding carboxylic acids is 2. The van der Waals surface area contributed by atoms with Crippen molar-refractivity contribution in [1.29, 1.82) is 0 Å². The molecule has 88 valence electrons. The number of carbonyl (C=O) groups is 3. The predicted molar refractivity (Wildman–Crippen MR) is 56.8 cm³/mol. The van der Waals surface area contributed by atoms with Crippen molar-refractivity contribution in [1.82, 2.24) is 0 Å². The number of carboxylic acid groups (broad SMARTS) is 1. The maximum Gasteiger partial charge on any atom is 0.335 e. The molecule has 1 N–H and O–H groups in total. The van der Waals surface area contributed by atoms with E-state index in [2.05, 4.69) is 6.58 Å². The second-order valence-electron chi connectivity index (χ2n) is 3.07. The summed E-state index contributed by atoms with van der Waals surface area (Å²) in [5.41, 5.74) is -0.0908. The summed E-state index contributed by atoms with van der Waals surface area (Å²) in [6.45, 7) is 6.14. The summed E-state index contributed by atoms with van der Waals surface area (Å²) in [6.07, 6.45) is 1.10. The van der Waals surface area contributed by atoms with Gasteiger partial charge < -0.3 is 9.84 Å². The fourth-order valence-electron chi connectivity index (χ4n) is 1.03. The van der Waals surface area contributed by atoms with Crippen molar-refractivity contribution >= 4 is 17.7 Å². The van der Waals surface area contributed by atoms with E-state index < -0.39 is 18.0 Å². The van der Waals surface area contributed by atoms with Crippen LogP contribution in [0.4, 0.5) is 0 Å². The number of rotatable bonds is 6. The highest BCUT2D eigenvalue weighted by atomic mass is 16.5. The van der Waals surface area contributed by atoms with Gasteiger partial charge in [0.2, 0.25) is 0 Å². The minimum absolute atomic E-state index is 0.0908. The van der Waals surface area contributed by atoms with Crippen LogP contribution in [0.2, 0.25) is 0 Å². The van der Waals surface area contributed by atoms with E-state index in [-0.39, 0.29) is 17.8 Å². The van der Waals surface area contributed by atoms with Crippen LogP contribution in [0.5, 0.6) is 0 Å². The standard InChI is InChI=1S/C11H14O5/c1-4-8(11(14)15)9(5-2)16-10(13)6-7(3)12/h4-5,9H,2,6H2,1,3H3,(H,14,15)/b8-4+. The van der Waals surface area contributed by atoms with Crippen molar-refractivity contribution in [3.63, 3.8) is 0 Å². The first-order valence-electron chi connectivity index (χ1n) is 4.63. The SMILES string of the molecule is C=CC(OC(=O)CC(C)=O)/C(=C\C)C(=O)O. The van der Waals surface area contributed by atoms with Crippen LogP contribution in [0.15, 0.2) is 24.3 Å². The highest BCUT2D eigenvalue weighted by molar-refractivity contribution is 5.95. The van der Waals surface area contributed by atoms with Gasteiger partial charge in [0.05, 0.1) is 5.57 Å². The van der Waals surface area contributed by atoms with E-state index in [4.69, 9.17) is 9.84 Å². The van der Waals surface area contributed by atoms with E-state index in [0.717, 1.165) is 0 Å². The molecule has 0 spiro atoms. The Morgan fingerprint density at radius 3 is 2.31 bits per heavy atom. The highest BCUT2D eigenvalue weighted by Gasteiger charge is 2.21. The zero-order valence-electron chi connectivity index (χ0n) is 9.23. The van der Waals surface area contributed by atoms with Crippen LogP contribution >= 0.6 is 0 Å². The van der Waals surface area contributed by atoms with Crippen LogP contribution in [-0.2, 0) is 19.1 Å². The third-order valence-corrected chi connectivity index (χ3v) is 1.73. The van der Waals surface area contributed by atoms with Gasteiger partial charge in [-0.25, -0.2) is 4.79 Å². The van der Waals surface area contributed by atoms with Gasteiger partial charge in [0, 0.05) is 0 Å². The Kier molecular flexibility index (Phi) is 5.77. The Morgan fingerprint density at radius 2 is 2.00 bits per heavy atom. The Morgan fingerprint density at radius 1 is 1.44 bits per heavy atom. The molecule has 0 radical (unpaired) electrons. The van der Waals surface area contributed by atoms with Crippen LogP contribution in [0.1, 0.15) is 20.3 Å². The van der Waals surface area contributed by atoms with Gasteiger partial charge in [0.15, 0.2) is 6.10 Å². The number of ketones is 1. The molecule has 1 atom stereocenters. The summed E-state index contributed by atoms with van der Waals surface area (Å²) in [5.74, 6) is -2.30. The lowest BCUT2D eigenvalue weighted by Gasteiger charge is -2.13. The van der Waals surface area contributed by atoms with E-state index in [1.165, 1.54) is 26.0 Å². The molecule has 0 aliphatic rings. The molecule has 1 unspecified atom stereocenters. The lowest BCUT2D eigenvalue weighted by atomic mass is 10.1. The van der Waals surface area contributed by atoms with E-state index >= 15 is 0 Å². The monoisotopic (exact) mass is 226 g/mol. The van der Waals surface area contributed by atoms with E-state index in [9.17, 15) is 14.4 Å². The number of hydrogen-bond donors (Lipinski definition) is 1. The summed E-state index contributed by atoms with van der Waals surface area (Å²) in [5, 5.41) is 8.80. The number of ether oxygens (including phenoxy) is 1. The molecule has 0 aromatic rings. The molecular formula is C11H14O5. The zero-order chi connectivity index (χ0) is 12.7. The zero-order valence-corrected chi connectivity index (χ0v) is 9.23. The van der Waals surface area contributed by atoms with Gasteiger partial charge in [-0.05, 0) is 19.9 Å². The topological polar surface area (TPSA) is 80.7 Å². The summed E-state index contributed by atoms with van der Waals surface area (Å²) < 4.78 is 4.80. The van der Waals surface area contributed by atoms with Crippen molar-refractivity contribution in [2.24, 2.45) is 0 Å². The average molecular weight is 226 g/mol. The molecule has 0 saturated heterocycles. The maximum atomic E-state index is 11.2. The Bertz CT molecular complexity index is 340. The van der Waals surface area contributed by atoms with E-state index in [1.54, 1.807) is 0 Å².